The summed E-state index contributed by atoms with van der Waals surface area (Å²) in [7, 11) is -3.97. The zero-order valence-corrected chi connectivity index (χ0v) is 18.8. The predicted molar refractivity (Wildman–Crippen MR) is 123 cm³/mol. The van der Waals surface area contributed by atoms with Crippen LogP contribution in [-0.2, 0) is 10.0 Å². The maximum Gasteiger partial charge on any atom is 0.262 e. The third kappa shape index (κ3) is 5.92. The Hall–Kier alpha value is -3.25. The van der Waals surface area contributed by atoms with Gasteiger partial charge in [-0.2, -0.15) is 5.26 Å². The predicted octanol–water partition coefficient (Wildman–Crippen LogP) is 5.23. The molecule has 3 aromatic rings. The Balaban J connectivity index is 1.78. The molecule has 0 spiro atoms. The summed E-state index contributed by atoms with van der Waals surface area (Å²) in [6.07, 6.45) is 0.185. The van der Waals surface area contributed by atoms with Crippen molar-refractivity contribution >= 4 is 44.8 Å². The highest BCUT2D eigenvalue weighted by Crippen LogP contribution is 2.35. The molecule has 0 heterocycles. The summed E-state index contributed by atoms with van der Waals surface area (Å²) in [6, 6.07) is 18.5. The third-order valence-electron chi connectivity index (χ3n) is 4.19. The van der Waals surface area contributed by atoms with Crippen LogP contribution >= 0.6 is 23.2 Å². The summed E-state index contributed by atoms with van der Waals surface area (Å²) < 4.78 is 34.0. The summed E-state index contributed by atoms with van der Waals surface area (Å²) in [4.78, 5) is 12.0. The molecule has 0 saturated carbocycles. The molecular weight excluding hydrogens is 473 g/mol. The minimum Gasteiger partial charge on any atom is -0.454 e. The largest absolute Gasteiger partial charge is 0.454 e. The molecule has 0 aromatic heterocycles. The lowest BCUT2D eigenvalue weighted by atomic mass is 10.2. The second kappa shape index (κ2) is 10.4. The molecule has 0 saturated heterocycles. The lowest BCUT2D eigenvalue weighted by molar-refractivity contribution is 0.0954. The van der Waals surface area contributed by atoms with Gasteiger partial charge in [-0.3, -0.25) is 9.52 Å². The molecule has 1 amide bonds. The Morgan fingerprint density at radius 1 is 1.00 bits per heavy atom. The van der Waals surface area contributed by atoms with Crippen LogP contribution in [0.2, 0.25) is 10.0 Å². The first-order valence-corrected chi connectivity index (χ1v) is 11.5. The van der Waals surface area contributed by atoms with Crippen LogP contribution in [0.25, 0.3) is 0 Å². The molecule has 0 fully saturated rings. The van der Waals surface area contributed by atoms with Crippen LogP contribution in [0.1, 0.15) is 16.8 Å². The number of hydrogen-bond donors (Lipinski definition) is 2. The maximum atomic E-state index is 12.9. The highest BCUT2D eigenvalue weighted by atomic mass is 35.5. The van der Waals surface area contributed by atoms with E-state index in [1.807, 2.05) is 6.07 Å². The third-order valence-corrected chi connectivity index (χ3v) is 6.11. The molecule has 7 nitrogen and oxygen atoms in total. The summed E-state index contributed by atoms with van der Waals surface area (Å²) in [5.41, 5.74) is 0.486. The van der Waals surface area contributed by atoms with Crippen molar-refractivity contribution in [2.24, 2.45) is 0 Å². The quantitative estimate of drug-likeness (QED) is 0.421. The molecular formula is C22H17Cl2N3O4S. The molecule has 0 aliphatic carbocycles. The van der Waals surface area contributed by atoms with Crippen molar-refractivity contribution in [3.8, 4) is 17.6 Å². The molecule has 164 valence electrons. The maximum absolute atomic E-state index is 12.9. The molecule has 0 unspecified atom stereocenters. The number of para-hydroxylation sites is 2. The molecule has 0 aliphatic rings. The normalized spacial score (nSPS) is 10.8. The van der Waals surface area contributed by atoms with Crippen molar-refractivity contribution in [3.63, 3.8) is 0 Å². The fraction of sp³-hybridized carbons (Fsp3) is 0.0909. The van der Waals surface area contributed by atoms with E-state index in [1.54, 1.807) is 36.4 Å². The van der Waals surface area contributed by atoms with Gasteiger partial charge in [0.05, 0.1) is 28.1 Å². The number of anilines is 1. The van der Waals surface area contributed by atoms with Gasteiger partial charge in [-0.1, -0.05) is 35.3 Å². The van der Waals surface area contributed by atoms with Crippen molar-refractivity contribution < 1.29 is 17.9 Å². The topological polar surface area (TPSA) is 108 Å². The number of nitriles is 1. The average Bonchev–Trinajstić information content (AvgIpc) is 2.77. The number of benzene rings is 3. The minimum absolute atomic E-state index is 0.0367. The molecule has 0 aliphatic heterocycles. The van der Waals surface area contributed by atoms with Gasteiger partial charge in [-0.25, -0.2) is 8.42 Å². The lowest BCUT2D eigenvalue weighted by Gasteiger charge is -2.14. The van der Waals surface area contributed by atoms with Crippen LogP contribution in [0.4, 0.5) is 5.69 Å². The minimum atomic E-state index is -3.97. The van der Waals surface area contributed by atoms with E-state index >= 15 is 0 Å². The van der Waals surface area contributed by atoms with Crippen molar-refractivity contribution in [1.29, 1.82) is 5.26 Å². The standard InChI is InChI=1S/C22H17Cl2N3O4S/c23-16-8-11-20(18(24)14-16)31-21-5-2-1-4-19(21)27-32(29,30)17-9-6-15(7-10-17)22(28)26-13-3-12-25/h1-2,4-11,14,27H,3,13H2,(H,26,28). The van der Waals surface area contributed by atoms with Crippen LogP contribution in [0.5, 0.6) is 11.5 Å². The van der Waals surface area contributed by atoms with Crippen LogP contribution < -0.4 is 14.8 Å². The molecule has 0 radical (unpaired) electrons. The van der Waals surface area contributed by atoms with Crippen molar-refractivity contribution in [1.82, 2.24) is 5.32 Å². The Bertz CT molecular complexity index is 1270. The molecule has 0 atom stereocenters. The average molecular weight is 490 g/mol. The molecule has 0 bridgehead atoms. The fourth-order valence-electron chi connectivity index (χ4n) is 2.64. The number of halogens is 2. The van der Waals surface area contributed by atoms with E-state index in [4.69, 9.17) is 33.2 Å². The number of carbonyl (C=O) groups is 1. The fourth-order valence-corrected chi connectivity index (χ4v) is 4.16. The van der Waals surface area contributed by atoms with E-state index in [0.29, 0.717) is 10.8 Å². The highest BCUT2D eigenvalue weighted by Gasteiger charge is 2.18. The highest BCUT2D eigenvalue weighted by molar-refractivity contribution is 7.92. The zero-order chi connectivity index (χ0) is 23.1. The van der Waals surface area contributed by atoms with Gasteiger partial charge in [-0.05, 0) is 54.6 Å². The van der Waals surface area contributed by atoms with Gasteiger partial charge < -0.3 is 10.1 Å². The number of sulfonamides is 1. The Labute approximate surface area is 195 Å². The van der Waals surface area contributed by atoms with Gasteiger partial charge in [0, 0.05) is 17.1 Å². The Kier molecular flexibility index (Phi) is 7.59. The first kappa shape index (κ1) is 23.4. The van der Waals surface area contributed by atoms with Gasteiger partial charge >= 0.3 is 0 Å². The summed E-state index contributed by atoms with van der Waals surface area (Å²) in [6.45, 7) is 0.214. The molecule has 10 heteroatoms. The van der Waals surface area contributed by atoms with Gasteiger partial charge in [0.25, 0.3) is 15.9 Å². The van der Waals surface area contributed by atoms with Gasteiger partial charge in [0.2, 0.25) is 0 Å². The van der Waals surface area contributed by atoms with Crippen LogP contribution in [-0.4, -0.2) is 20.9 Å². The zero-order valence-electron chi connectivity index (χ0n) is 16.5. The molecule has 3 rings (SSSR count). The Morgan fingerprint density at radius 3 is 2.41 bits per heavy atom. The van der Waals surface area contributed by atoms with E-state index < -0.39 is 15.9 Å². The van der Waals surface area contributed by atoms with E-state index in [-0.39, 0.29) is 39.9 Å². The van der Waals surface area contributed by atoms with Gasteiger partial charge in [0.1, 0.15) is 5.75 Å². The number of hydrogen-bond acceptors (Lipinski definition) is 5. The van der Waals surface area contributed by atoms with E-state index in [2.05, 4.69) is 10.0 Å². The van der Waals surface area contributed by atoms with Gasteiger partial charge in [-0.15, -0.1) is 0 Å². The first-order valence-electron chi connectivity index (χ1n) is 9.30. The monoisotopic (exact) mass is 489 g/mol. The SMILES string of the molecule is N#CCCNC(=O)c1ccc(S(=O)(=O)Nc2ccccc2Oc2ccc(Cl)cc2Cl)cc1. The summed E-state index contributed by atoms with van der Waals surface area (Å²) in [5, 5.41) is 11.8. The number of amides is 1. The molecule has 3 aromatic carbocycles. The summed E-state index contributed by atoms with van der Waals surface area (Å²) in [5.74, 6) is 0.166. The number of nitrogens with zero attached hydrogens (tertiary/aromatic N) is 1. The van der Waals surface area contributed by atoms with E-state index in [0.717, 1.165) is 0 Å². The number of rotatable bonds is 8. The number of nitrogens with one attached hydrogen (secondary N) is 2. The Morgan fingerprint density at radius 2 is 1.72 bits per heavy atom. The van der Waals surface area contributed by atoms with Crippen LogP contribution in [0, 0.1) is 11.3 Å². The van der Waals surface area contributed by atoms with E-state index in [1.165, 1.54) is 30.3 Å². The number of ether oxygens (including phenoxy) is 1. The van der Waals surface area contributed by atoms with Crippen molar-refractivity contribution in [2.75, 3.05) is 11.3 Å². The summed E-state index contributed by atoms with van der Waals surface area (Å²) >= 11 is 12.0. The van der Waals surface area contributed by atoms with Gasteiger partial charge in [0.15, 0.2) is 5.75 Å². The number of carbonyl (C=O) groups excluding carboxylic acids is 1. The van der Waals surface area contributed by atoms with Crippen molar-refractivity contribution in [2.45, 2.75) is 11.3 Å². The second-order valence-electron chi connectivity index (χ2n) is 6.47. The smallest absolute Gasteiger partial charge is 0.262 e. The molecule has 2 N–H and O–H groups in total. The van der Waals surface area contributed by atoms with Crippen molar-refractivity contribution in [3.05, 3.63) is 82.3 Å². The van der Waals surface area contributed by atoms with E-state index in [9.17, 15) is 13.2 Å². The van der Waals surface area contributed by atoms with Crippen LogP contribution in [0.15, 0.2) is 71.6 Å². The first-order chi connectivity index (χ1) is 15.3. The molecule has 32 heavy (non-hydrogen) atoms. The van der Waals surface area contributed by atoms with Crippen LogP contribution in [0.3, 0.4) is 0 Å². The second-order valence-corrected chi connectivity index (χ2v) is 8.99. The lowest BCUT2D eigenvalue weighted by Crippen LogP contribution is -2.24.